The van der Waals surface area contributed by atoms with Gasteiger partial charge in [0.2, 0.25) is 0 Å². The Labute approximate surface area is 126 Å². The summed E-state index contributed by atoms with van der Waals surface area (Å²) in [5.74, 6) is 1.00. The minimum absolute atomic E-state index is 0.850. The zero-order chi connectivity index (χ0) is 14.1. The molecule has 0 aliphatic carbocycles. The number of anilines is 1. The first-order chi connectivity index (χ1) is 9.63. The van der Waals surface area contributed by atoms with Crippen LogP contribution in [0.4, 0.5) is 5.69 Å². The Kier molecular flexibility index (Phi) is 3.49. The maximum absolute atomic E-state index is 5.97. The lowest BCUT2D eigenvalue weighted by Gasteiger charge is -2.03. The second-order valence-corrected chi connectivity index (χ2v) is 5.92. The van der Waals surface area contributed by atoms with Crippen molar-refractivity contribution in [3.05, 3.63) is 57.8 Å². The Morgan fingerprint density at radius 3 is 2.80 bits per heavy atom. The summed E-state index contributed by atoms with van der Waals surface area (Å²) in [6.07, 6.45) is 1.76. The van der Waals surface area contributed by atoms with Gasteiger partial charge < -0.3 is 10.7 Å². The SMILES string of the molecule is Cc1cc(Br)cc2[nH]c(CCc3ccccc3N)nc12. The van der Waals surface area contributed by atoms with Gasteiger partial charge in [-0.1, -0.05) is 34.1 Å². The van der Waals surface area contributed by atoms with Crippen LogP contribution in [0.25, 0.3) is 11.0 Å². The van der Waals surface area contributed by atoms with Gasteiger partial charge in [-0.2, -0.15) is 0 Å². The number of nitrogens with two attached hydrogens (primary N) is 1. The van der Waals surface area contributed by atoms with Gasteiger partial charge in [-0.05, 0) is 42.7 Å². The molecule has 3 N–H and O–H groups in total. The van der Waals surface area contributed by atoms with E-state index in [-0.39, 0.29) is 0 Å². The lowest BCUT2D eigenvalue weighted by atomic mass is 10.1. The van der Waals surface area contributed by atoms with Crippen LogP contribution in [0.1, 0.15) is 17.0 Å². The molecular weight excluding hydrogens is 314 g/mol. The highest BCUT2D eigenvalue weighted by atomic mass is 79.9. The van der Waals surface area contributed by atoms with E-state index in [4.69, 9.17) is 5.73 Å². The molecule has 0 atom stereocenters. The van der Waals surface area contributed by atoms with Crippen molar-refractivity contribution in [2.75, 3.05) is 5.73 Å². The van der Waals surface area contributed by atoms with E-state index in [1.807, 2.05) is 18.2 Å². The maximum Gasteiger partial charge on any atom is 0.107 e. The maximum atomic E-state index is 5.97. The van der Waals surface area contributed by atoms with Crippen LogP contribution >= 0.6 is 15.9 Å². The van der Waals surface area contributed by atoms with Crippen LogP contribution in [0.2, 0.25) is 0 Å². The molecule has 0 amide bonds. The molecule has 4 heteroatoms. The summed E-state index contributed by atoms with van der Waals surface area (Å²) in [6.45, 7) is 2.08. The van der Waals surface area contributed by atoms with Crippen molar-refractivity contribution in [1.82, 2.24) is 9.97 Å². The third-order valence-electron chi connectivity index (χ3n) is 3.48. The van der Waals surface area contributed by atoms with Crippen molar-refractivity contribution in [2.24, 2.45) is 0 Å². The number of aryl methyl sites for hydroxylation is 3. The summed E-state index contributed by atoms with van der Waals surface area (Å²) in [5.41, 5.74) is 11.3. The third-order valence-corrected chi connectivity index (χ3v) is 3.94. The van der Waals surface area contributed by atoms with Gasteiger partial charge in [-0.15, -0.1) is 0 Å². The number of para-hydroxylation sites is 1. The first kappa shape index (κ1) is 13.2. The summed E-state index contributed by atoms with van der Waals surface area (Å²) in [7, 11) is 0. The highest BCUT2D eigenvalue weighted by Crippen LogP contribution is 2.22. The Morgan fingerprint density at radius 2 is 2.00 bits per heavy atom. The third kappa shape index (κ3) is 2.56. The van der Waals surface area contributed by atoms with E-state index in [0.29, 0.717) is 0 Å². The predicted octanol–water partition coefficient (Wildman–Crippen LogP) is 4.00. The van der Waals surface area contributed by atoms with Crippen LogP contribution in [-0.2, 0) is 12.8 Å². The molecule has 0 fully saturated rings. The molecule has 1 heterocycles. The topological polar surface area (TPSA) is 54.7 Å². The molecule has 20 heavy (non-hydrogen) atoms. The molecule has 0 bridgehead atoms. The van der Waals surface area contributed by atoms with Gasteiger partial charge >= 0.3 is 0 Å². The zero-order valence-corrected chi connectivity index (χ0v) is 12.9. The number of imidazole rings is 1. The van der Waals surface area contributed by atoms with E-state index in [0.717, 1.165) is 39.9 Å². The molecule has 3 nitrogen and oxygen atoms in total. The van der Waals surface area contributed by atoms with Crippen molar-refractivity contribution in [3.63, 3.8) is 0 Å². The van der Waals surface area contributed by atoms with Gasteiger partial charge in [0.25, 0.3) is 0 Å². The fourth-order valence-corrected chi connectivity index (χ4v) is 3.00. The quantitative estimate of drug-likeness (QED) is 0.713. The van der Waals surface area contributed by atoms with Crippen LogP contribution in [0, 0.1) is 6.92 Å². The van der Waals surface area contributed by atoms with Crippen molar-refractivity contribution < 1.29 is 0 Å². The molecule has 0 aliphatic heterocycles. The number of aromatic amines is 1. The Morgan fingerprint density at radius 1 is 1.20 bits per heavy atom. The Hall–Kier alpha value is -1.81. The number of H-pyrrole nitrogens is 1. The van der Waals surface area contributed by atoms with E-state index in [2.05, 4.69) is 51.0 Å². The molecule has 102 valence electrons. The number of hydrogen-bond acceptors (Lipinski definition) is 2. The highest BCUT2D eigenvalue weighted by molar-refractivity contribution is 9.10. The van der Waals surface area contributed by atoms with E-state index >= 15 is 0 Å². The van der Waals surface area contributed by atoms with E-state index < -0.39 is 0 Å². The molecule has 0 saturated carbocycles. The number of nitrogens with one attached hydrogen (secondary N) is 1. The summed E-state index contributed by atoms with van der Waals surface area (Å²) in [4.78, 5) is 8.07. The number of nitrogens with zero attached hydrogens (tertiary/aromatic N) is 1. The van der Waals surface area contributed by atoms with Gasteiger partial charge in [0.05, 0.1) is 11.0 Å². The first-order valence-electron chi connectivity index (χ1n) is 6.61. The number of benzene rings is 2. The number of aromatic nitrogens is 2. The van der Waals surface area contributed by atoms with E-state index in [1.54, 1.807) is 0 Å². The van der Waals surface area contributed by atoms with Crippen molar-refractivity contribution in [1.29, 1.82) is 0 Å². The summed E-state index contributed by atoms with van der Waals surface area (Å²) >= 11 is 3.51. The van der Waals surface area contributed by atoms with Gasteiger partial charge in [0, 0.05) is 16.6 Å². The molecule has 0 aliphatic rings. The lowest BCUT2D eigenvalue weighted by molar-refractivity contribution is 0.892. The molecule has 0 radical (unpaired) electrons. The fraction of sp³-hybridized carbons (Fsp3) is 0.188. The van der Waals surface area contributed by atoms with Gasteiger partial charge in [-0.3, -0.25) is 0 Å². The predicted molar refractivity (Wildman–Crippen MR) is 86.8 cm³/mol. The molecule has 0 unspecified atom stereocenters. The van der Waals surface area contributed by atoms with Crippen LogP contribution in [0.15, 0.2) is 40.9 Å². The lowest BCUT2D eigenvalue weighted by Crippen LogP contribution is -1.97. The van der Waals surface area contributed by atoms with Crippen LogP contribution < -0.4 is 5.73 Å². The minimum atomic E-state index is 0.850. The Bertz CT molecular complexity index is 762. The molecule has 3 rings (SSSR count). The monoisotopic (exact) mass is 329 g/mol. The molecular formula is C16H16BrN3. The Balaban J connectivity index is 1.85. The number of nitrogen functional groups attached to an aromatic ring is 1. The average molecular weight is 330 g/mol. The second kappa shape index (κ2) is 5.29. The standard InChI is InChI=1S/C16H16BrN3/c1-10-8-12(17)9-14-16(10)20-15(19-14)7-6-11-4-2-3-5-13(11)18/h2-5,8-9H,6-7,18H2,1H3,(H,19,20). The van der Waals surface area contributed by atoms with Crippen molar-refractivity contribution in [3.8, 4) is 0 Å². The summed E-state index contributed by atoms with van der Waals surface area (Å²) in [6, 6.07) is 12.1. The smallest absolute Gasteiger partial charge is 0.107 e. The summed E-state index contributed by atoms with van der Waals surface area (Å²) in [5, 5.41) is 0. The normalized spacial score (nSPS) is 11.1. The van der Waals surface area contributed by atoms with Gasteiger partial charge in [0.1, 0.15) is 5.82 Å². The van der Waals surface area contributed by atoms with Crippen molar-refractivity contribution in [2.45, 2.75) is 19.8 Å². The van der Waals surface area contributed by atoms with E-state index in [1.165, 1.54) is 11.1 Å². The molecule has 2 aromatic carbocycles. The second-order valence-electron chi connectivity index (χ2n) is 5.00. The van der Waals surface area contributed by atoms with Gasteiger partial charge in [0.15, 0.2) is 0 Å². The van der Waals surface area contributed by atoms with Crippen LogP contribution in [0.5, 0.6) is 0 Å². The van der Waals surface area contributed by atoms with E-state index in [9.17, 15) is 0 Å². The number of fused-ring (bicyclic) bond motifs is 1. The van der Waals surface area contributed by atoms with Crippen LogP contribution in [-0.4, -0.2) is 9.97 Å². The minimum Gasteiger partial charge on any atom is -0.399 e. The summed E-state index contributed by atoms with van der Waals surface area (Å²) < 4.78 is 1.07. The number of halogens is 1. The average Bonchev–Trinajstić information content (AvgIpc) is 2.81. The number of hydrogen-bond donors (Lipinski definition) is 2. The molecule has 1 aromatic heterocycles. The van der Waals surface area contributed by atoms with Crippen LogP contribution in [0.3, 0.4) is 0 Å². The molecule has 0 spiro atoms. The largest absolute Gasteiger partial charge is 0.399 e. The van der Waals surface area contributed by atoms with Gasteiger partial charge in [-0.25, -0.2) is 4.98 Å². The molecule has 3 aromatic rings. The fourth-order valence-electron chi connectivity index (χ4n) is 2.43. The van der Waals surface area contributed by atoms with Crippen molar-refractivity contribution >= 4 is 32.7 Å². The number of rotatable bonds is 3. The molecule has 0 saturated heterocycles. The highest BCUT2D eigenvalue weighted by Gasteiger charge is 2.07. The zero-order valence-electron chi connectivity index (χ0n) is 11.3. The first-order valence-corrected chi connectivity index (χ1v) is 7.41.